The minimum Gasteiger partial charge on any atom is -0.401 e. The Morgan fingerprint density at radius 3 is 2.62 bits per heavy atom. The molecule has 1 aliphatic rings. The predicted molar refractivity (Wildman–Crippen MR) is 94.4 cm³/mol. The Labute approximate surface area is 142 Å². The Morgan fingerprint density at radius 1 is 1.12 bits per heavy atom. The van der Waals surface area contributed by atoms with Crippen LogP contribution in [0.15, 0.2) is 51.4 Å². The molecular formula is C18H18N2O3S. The van der Waals surface area contributed by atoms with Crippen LogP contribution in [0.1, 0.15) is 24.8 Å². The molecule has 2 heterocycles. The number of hydrogen-bond donors (Lipinski definition) is 0. The van der Waals surface area contributed by atoms with Gasteiger partial charge in [-0.05, 0) is 35.8 Å². The Bertz CT molecular complexity index is 967. The van der Waals surface area contributed by atoms with Gasteiger partial charge < -0.3 is 4.84 Å². The summed E-state index contributed by atoms with van der Waals surface area (Å²) in [6, 6.07) is 11.4. The highest BCUT2D eigenvalue weighted by molar-refractivity contribution is 7.17. The van der Waals surface area contributed by atoms with Crippen LogP contribution in [0.4, 0.5) is 0 Å². The van der Waals surface area contributed by atoms with Crippen molar-refractivity contribution in [1.82, 2.24) is 9.30 Å². The lowest BCUT2D eigenvalue weighted by atomic mass is 9.85. The number of rotatable bonds is 5. The maximum atomic E-state index is 12.8. The molecule has 124 valence electrons. The molecule has 0 amide bonds. The zero-order chi connectivity index (χ0) is 16.5. The summed E-state index contributed by atoms with van der Waals surface area (Å²) < 4.78 is 3.19. The van der Waals surface area contributed by atoms with Crippen LogP contribution < -0.4 is 16.1 Å². The van der Waals surface area contributed by atoms with Crippen molar-refractivity contribution in [2.45, 2.75) is 32.4 Å². The standard InChI is InChI=1S/C18H18N2O3S/c21-17-16-15(9-10-24-16)19(11-13-7-4-8-13)18(22)20(17)23-12-14-5-2-1-3-6-14/h1-3,5-6,9-10,13H,4,7-8,11-12H2. The molecule has 0 saturated heterocycles. The first kappa shape index (κ1) is 15.2. The fourth-order valence-electron chi connectivity index (χ4n) is 3.00. The van der Waals surface area contributed by atoms with Crippen LogP contribution in [0, 0.1) is 5.92 Å². The van der Waals surface area contributed by atoms with E-state index in [2.05, 4.69) is 0 Å². The summed E-state index contributed by atoms with van der Waals surface area (Å²) in [5.74, 6) is 0.519. The first-order chi connectivity index (χ1) is 11.7. The molecule has 0 N–H and O–H groups in total. The lowest BCUT2D eigenvalue weighted by Crippen LogP contribution is -2.44. The summed E-state index contributed by atoms with van der Waals surface area (Å²) in [4.78, 5) is 31.0. The maximum Gasteiger partial charge on any atom is 0.365 e. The van der Waals surface area contributed by atoms with Gasteiger partial charge in [0.15, 0.2) is 0 Å². The van der Waals surface area contributed by atoms with Crippen LogP contribution in [0.3, 0.4) is 0 Å². The third-order valence-electron chi connectivity index (χ3n) is 4.59. The highest BCUT2D eigenvalue weighted by Gasteiger charge is 2.22. The van der Waals surface area contributed by atoms with E-state index in [-0.39, 0.29) is 17.9 Å². The number of fused-ring (bicyclic) bond motifs is 1. The van der Waals surface area contributed by atoms with Gasteiger partial charge in [0.25, 0.3) is 0 Å². The molecule has 24 heavy (non-hydrogen) atoms. The van der Waals surface area contributed by atoms with E-state index in [1.54, 1.807) is 4.57 Å². The lowest BCUT2D eigenvalue weighted by Gasteiger charge is -2.26. The zero-order valence-corrected chi connectivity index (χ0v) is 14.0. The lowest BCUT2D eigenvalue weighted by molar-refractivity contribution is 0.0760. The smallest absolute Gasteiger partial charge is 0.365 e. The number of thiophene rings is 1. The normalized spacial score (nSPS) is 14.7. The Kier molecular flexibility index (Phi) is 3.98. The van der Waals surface area contributed by atoms with Gasteiger partial charge in [-0.25, -0.2) is 4.79 Å². The van der Waals surface area contributed by atoms with E-state index >= 15 is 0 Å². The van der Waals surface area contributed by atoms with Crippen molar-refractivity contribution in [1.29, 1.82) is 0 Å². The molecule has 5 nitrogen and oxygen atoms in total. The number of hydrogen-bond acceptors (Lipinski definition) is 4. The molecule has 0 radical (unpaired) electrons. The molecule has 0 unspecified atom stereocenters. The number of nitrogens with zero attached hydrogens (tertiary/aromatic N) is 2. The highest BCUT2D eigenvalue weighted by Crippen LogP contribution is 2.28. The van der Waals surface area contributed by atoms with Gasteiger partial charge in [-0.15, -0.1) is 11.3 Å². The van der Waals surface area contributed by atoms with Crippen molar-refractivity contribution in [2.24, 2.45) is 5.92 Å². The molecular weight excluding hydrogens is 324 g/mol. The molecule has 1 fully saturated rings. The zero-order valence-electron chi connectivity index (χ0n) is 13.2. The van der Waals surface area contributed by atoms with Crippen LogP contribution in [0.5, 0.6) is 0 Å². The monoisotopic (exact) mass is 342 g/mol. The molecule has 1 saturated carbocycles. The van der Waals surface area contributed by atoms with E-state index in [9.17, 15) is 9.59 Å². The molecule has 4 rings (SSSR count). The summed E-state index contributed by atoms with van der Waals surface area (Å²) in [6.45, 7) is 0.845. The quantitative estimate of drug-likeness (QED) is 0.716. The predicted octanol–water partition coefficient (Wildman–Crippen LogP) is 2.65. The molecule has 6 heteroatoms. The number of benzene rings is 1. The summed E-state index contributed by atoms with van der Waals surface area (Å²) in [7, 11) is 0. The van der Waals surface area contributed by atoms with Gasteiger partial charge in [0.1, 0.15) is 11.3 Å². The summed E-state index contributed by atoms with van der Waals surface area (Å²) >= 11 is 1.35. The average molecular weight is 342 g/mol. The highest BCUT2D eigenvalue weighted by atomic mass is 32.1. The Hall–Kier alpha value is -2.34. The summed E-state index contributed by atoms with van der Waals surface area (Å²) in [5.41, 5.74) is 0.890. The second-order valence-corrected chi connectivity index (χ2v) is 7.10. The van der Waals surface area contributed by atoms with Crippen molar-refractivity contribution in [2.75, 3.05) is 0 Å². The first-order valence-corrected chi connectivity index (χ1v) is 9.02. The van der Waals surface area contributed by atoms with Crippen molar-refractivity contribution in [3.63, 3.8) is 0 Å². The van der Waals surface area contributed by atoms with Crippen molar-refractivity contribution < 1.29 is 4.84 Å². The van der Waals surface area contributed by atoms with Gasteiger partial charge in [-0.2, -0.15) is 0 Å². The average Bonchev–Trinajstić information content (AvgIpc) is 3.04. The van der Waals surface area contributed by atoms with E-state index in [4.69, 9.17) is 4.84 Å². The van der Waals surface area contributed by atoms with E-state index in [1.807, 2.05) is 41.8 Å². The minimum atomic E-state index is -0.381. The maximum absolute atomic E-state index is 12.8. The SMILES string of the molecule is O=c1c2sccc2n(CC2CCC2)c(=O)n1OCc1ccccc1. The minimum absolute atomic E-state index is 0.191. The van der Waals surface area contributed by atoms with Crippen LogP contribution >= 0.6 is 11.3 Å². The van der Waals surface area contributed by atoms with E-state index < -0.39 is 0 Å². The van der Waals surface area contributed by atoms with Gasteiger partial charge >= 0.3 is 11.2 Å². The van der Waals surface area contributed by atoms with E-state index in [0.717, 1.165) is 28.7 Å². The van der Waals surface area contributed by atoms with Gasteiger partial charge in [0, 0.05) is 6.54 Å². The second-order valence-electron chi connectivity index (χ2n) is 6.18. The number of aromatic nitrogens is 2. The fraction of sp³-hybridized carbons (Fsp3) is 0.333. The van der Waals surface area contributed by atoms with Crippen molar-refractivity contribution in [3.05, 3.63) is 68.2 Å². The fourth-order valence-corrected chi connectivity index (χ4v) is 3.82. The van der Waals surface area contributed by atoms with Crippen molar-refractivity contribution >= 4 is 21.6 Å². The molecule has 0 bridgehead atoms. The molecule has 2 aromatic heterocycles. The molecule has 0 aliphatic heterocycles. The molecule has 0 atom stereocenters. The summed E-state index contributed by atoms with van der Waals surface area (Å²) in [6.07, 6.45) is 3.50. The Balaban J connectivity index is 1.73. The second kappa shape index (κ2) is 6.28. The van der Waals surface area contributed by atoms with Gasteiger partial charge in [-0.3, -0.25) is 9.36 Å². The molecule has 1 aromatic carbocycles. The molecule has 0 spiro atoms. The third kappa shape index (κ3) is 2.67. The first-order valence-electron chi connectivity index (χ1n) is 8.14. The van der Waals surface area contributed by atoms with Crippen LogP contribution in [0.25, 0.3) is 10.2 Å². The van der Waals surface area contributed by atoms with Crippen LogP contribution in [-0.4, -0.2) is 9.30 Å². The van der Waals surface area contributed by atoms with E-state index in [0.29, 0.717) is 17.2 Å². The molecule has 3 aromatic rings. The largest absolute Gasteiger partial charge is 0.401 e. The van der Waals surface area contributed by atoms with Crippen molar-refractivity contribution in [3.8, 4) is 0 Å². The van der Waals surface area contributed by atoms with Crippen LogP contribution in [0.2, 0.25) is 0 Å². The molecule has 1 aliphatic carbocycles. The van der Waals surface area contributed by atoms with Gasteiger partial charge in [-0.1, -0.05) is 41.5 Å². The van der Waals surface area contributed by atoms with Crippen LogP contribution in [-0.2, 0) is 13.2 Å². The Morgan fingerprint density at radius 2 is 1.92 bits per heavy atom. The third-order valence-corrected chi connectivity index (χ3v) is 5.48. The summed E-state index contributed by atoms with van der Waals surface area (Å²) in [5, 5.41) is 1.85. The topological polar surface area (TPSA) is 53.2 Å². The van der Waals surface area contributed by atoms with Gasteiger partial charge in [0.2, 0.25) is 0 Å². The van der Waals surface area contributed by atoms with Gasteiger partial charge in [0.05, 0.1) is 5.52 Å². The van der Waals surface area contributed by atoms with E-state index in [1.165, 1.54) is 17.8 Å².